The van der Waals surface area contributed by atoms with Crippen molar-refractivity contribution in [1.82, 2.24) is 0 Å². The zero-order chi connectivity index (χ0) is 18.7. The van der Waals surface area contributed by atoms with E-state index in [0.717, 1.165) is 12.0 Å². The molecule has 0 bridgehead atoms. The maximum absolute atomic E-state index is 12.2. The fourth-order valence-corrected chi connectivity index (χ4v) is 2.99. The topological polar surface area (TPSA) is 84.9 Å². The summed E-state index contributed by atoms with van der Waals surface area (Å²) in [5, 5.41) is 11.7. The van der Waals surface area contributed by atoms with Crippen molar-refractivity contribution in [2.45, 2.75) is 32.3 Å². The third kappa shape index (κ3) is 4.14. The van der Waals surface area contributed by atoms with Gasteiger partial charge >= 0.3 is 5.97 Å². The molecule has 0 saturated carbocycles. The molecule has 0 aliphatic carbocycles. The van der Waals surface area contributed by atoms with Crippen LogP contribution >= 0.6 is 0 Å². The van der Waals surface area contributed by atoms with Crippen molar-refractivity contribution in [2.75, 3.05) is 11.9 Å². The number of rotatable bonds is 6. The summed E-state index contributed by atoms with van der Waals surface area (Å²) in [4.78, 5) is 23.2. The lowest BCUT2D eigenvalue weighted by Gasteiger charge is -2.18. The van der Waals surface area contributed by atoms with Gasteiger partial charge in [0.2, 0.25) is 0 Å². The zero-order valence-electron chi connectivity index (χ0n) is 14.7. The molecule has 0 aromatic heterocycles. The van der Waals surface area contributed by atoms with Gasteiger partial charge in [-0.25, -0.2) is 0 Å². The number of carbonyl (C=O) groups is 2. The number of nitrogens with one attached hydrogen (secondary N) is 1. The Bertz CT molecular complexity index is 844. The Hall–Kier alpha value is -3.02. The van der Waals surface area contributed by atoms with Crippen LogP contribution in [0.25, 0.3) is 0 Å². The zero-order valence-corrected chi connectivity index (χ0v) is 14.7. The van der Waals surface area contributed by atoms with Crippen LogP contribution in [0.4, 0.5) is 5.69 Å². The van der Waals surface area contributed by atoms with Crippen molar-refractivity contribution in [2.24, 2.45) is 0 Å². The maximum Gasteiger partial charge on any atom is 0.307 e. The molecule has 1 amide bonds. The molecule has 2 N–H and O–H groups in total. The number of hydrogen-bond donors (Lipinski definition) is 2. The van der Waals surface area contributed by atoms with Crippen LogP contribution in [-0.4, -0.2) is 29.2 Å². The smallest absolute Gasteiger partial charge is 0.307 e. The SMILES string of the molecule is CC1(C)Cc2cccc(OCC(=O)Nc3ccccc3CC(=O)O)c2O1. The second kappa shape index (κ2) is 7.07. The minimum atomic E-state index is -0.956. The van der Waals surface area contributed by atoms with Crippen molar-refractivity contribution in [3.05, 3.63) is 53.6 Å². The summed E-state index contributed by atoms with van der Waals surface area (Å²) in [6.07, 6.45) is 0.626. The normalized spacial score (nSPS) is 14.2. The Morgan fingerprint density at radius 2 is 1.96 bits per heavy atom. The van der Waals surface area contributed by atoms with Crippen molar-refractivity contribution in [1.29, 1.82) is 0 Å². The molecule has 0 spiro atoms. The molecule has 2 aromatic rings. The van der Waals surface area contributed by atoms with Crippen LogP contribution in [0.15, 0.2) is 42.5 Å². The standard InChI is InChI=1S/C20H21NO5/c1-20(2)11-14-7-5-9-16(19(14)26-20)25-12-17(22)21-15-8-4-3-6-13(15)10-18(23)24/h3-9H,10-12H2,1-2H3,(H,21,22)(H,23,24). The quantitative estimate of drug-likeness (QED) is 0.832. The van der Waals surface area contributed by atoms with Gasteiger partial charge in [0.05, 0.1) is 6.42 Å². The van der Waals surface area contributed by atoms with Crippen LogP contribution < -0.4 is 14.8 Å². The highest BCUT2D eigenvalue weighted by Crippen LogP contribution is 2.41. The van der Waals surface area contributed by atoms with Crippen LogP contribution in [-0.2, 0) is 22.4 Å². The number of fused-ring (bicyclic) bond motifs is 1. The monoisotopic (exact) mass is 355 g/mol. The highest BCUT2D eigenvalue weighted by atomic mass is 16.5. The Morgan fingerprint density at radius 3 is 2.73 bits per heavy atom. The van der Waals surface area contributed by atoms with E-state index < -0.39 is 5.97 Å². The number of carboxylic acids is 1. The first-order chi connectivity index (χ1) is 12.3. The van der Waals surface area contributed by atoms with E-state index in [1.165, 1.54) is 0 Å². The maximum atomic E-state index is 12.2. The lowest BCUT2D eigenvalue weighted by molar-refractivity contribution is -0.136. The lowest BCUT2D eigenvalue weighted by atomic mass is 10.0. The van der Waals surface area contributed by atoms with Gasteiger partial charge in [0.1, 0.15) is 5.60 Å². The number of para-hydroxylation sites is 2. The summed E-state index contributed by atoms with van der Waals surface area (Å²) < 4.78 is 11.6. The minimum Gasteiger partial charge on any atom is -0.483 e. The number of carboxylic acid groups (broad SMARTS) is 1. The molecule has 3 rings (SSSR count). The van der Waals surface area contributed by atoms with Crippen LogP contribution in [0.5, 0.6) is 11.5 Å². The molecule has 0 unspecified atom stereocenters. The lowest BCUT2D eigenvalue weighted by Crippen LogP contribution is -2.25. The van der Waals surface area contributed by atoms with Crippen molar-refractivity contribution < 1.29 is 24.2 Å². The molecule has 0 atom stereocenters. The van der Waals surface area contributed by atoms with Crippen molar-refractivity contribution >= 4 is 17.6 Å². The predicted molar refractivity (Wildman–Crippen MR) is 96.8 cm³/mol. The fraction of sp³-hybridized carbons (Fsp3) is 0.300. The molecule has 1 aliphatic heterocycles. The first-order valence-corrected chi connectivity index (χ1v) is 8.37. The molecule has 1 heterocycles. The molecule has 6 nitrogen and oxygen atoms in total. The summed E-state index contributed by atoms with van der Waals surface area (Å²) in [5.74, 6) is -0.112. The number of carbonyl (C=O) groups excluding carboxylic acids is 1. The van der Waals surface area contributed by atoms with Crippen LogP contribution in [0.1, 0.15) is 25.0 Å². The molecule has 6 heteroatoms. The molecule has 0 radical (unpaired) electrons. The molecule has 136 valence electrons. The first kappa shape index (κ1) is 17.8. The van der Waals surface area contributed by atoms with E-state index in [1.54, 1.807) is 30.3 Å². The molecular formula is C20H21NO5. The van der Waals surface area contributed by atoms with E-state index in [1.807, 2.05) is 26.0 Å². The predicted octanol–water partition coefficient (Wildman–Crippen LogP) is 3.04. The van der Waals surface area contributed by atoms with E-state index in [2.05, 4.69) is 5.32 Å². The largest absolute Gasteiger partial charge is 0.483 e. The molecular weight excluding hydrogens is 334 g/mol. The van der Waals surface area contributed by atoms with Gasteiger partial charge in [-0.3, -0.25) is 9.59 Å². The van der Waals surface area contributed by atoms with Crippen molar-refractivity contribution in [3.63, 3.8) is 0 Å². The minimum absolute atomic E-state index is 0.160. The van der Waals surface area contributed by atoms with Gasteiger partial charge in [0.15, 0.2) is 18.1 Å². The van der Waals surface area contributed by atoms with Gasteiger partial charge in [0, 0.05) is 17.7 Å². The molecule has 2 aromatic carbocycles. The average molecular weight is 355 g/mol. The summed E-state index contributed by atoms with van der Waals surface area (Å²) >= 11 is 0. The van der Waals surface area contributed by atoms with Gasteiger partial charge in [-0.2, -0.15) is 0 Å². The van der Waals surface area contributed by atoms with Crippen molar-refractivity contribution in [3.8, 4) is 11.5 Å². The Kier molecular flexibility index (Phi) is 4.84. The highest BCUT2D eigenvalue weighted by Gasteiger charge is 2.32. The van der Waals surface area contributed by atoms with Gasteiger partial charge < -0.3 is 19.9 Å². The molecule has 0 fully saturated rings. The molecule has 26 heavy (non-hydrogen) atoms. The van der Waals surface area contributed by atoms with E-state index in [9.17, 15) is 9.59 Å². The third-order valence-corrected chi connectivity index (χ3v) is 4.05. The number of aliphatic carboxylic acids is 1. The highest BCUT2D eigenvalue weighted by molar-refractivity contribution is 5.93. The summed E-state index contributed by atoms with van der Waals surface area (Å²) in [5.41, 5.74) is 1.78. The third-order valence-electron chi connectivity index (χ3n) is 4.05. The molecule has 0 saturated heterocycles. The van der Waals surface area contributed by atoms with E-state index >= 15 is 0 Å². The van der Waals surface area contributed by atoms with E-state index in [0.29, 0.717) is 22.7 Å². The van der Waals surface area contributed by atoms with Gasteiger partial charge in [-0.05, 0) is 31.5 Å². The fourth-order valence-electron chi connectivity index (χ4n) is 2.99. The van der Waals surface area contributed by atoms with E-state index in [4.69, 9.17) is 14.6 Å². The van der Waals surface area contributed by atoms with Gasteiger partial charge in [-0.1, -0.05) is 30.3 Å². The molecule has 1 aliphatic rings. The van der Waals surface area contributed by atoms with Gasteiger partial charge in [-0.15, -0.1) is 0 Å². The summed E-state index contributed by atoms with van der Waals surface area (Å²) in [7, 11) is 0. The summed E-state index contributed by atoms with van der Waals surface area (Å²) in [6.45, 7) is 3.81. The van der Waals surface area contributed by atoms with Crippen LogP contribution in [0.2, 0.25) is 0 Å². The first-order valence-electron chi connectivity index (χ1n) is 8.37. The second-order valence-corrected chi connectivity index (χ2v) is 6.85. The van der Waals surface area contributed by atoms with Crippen LogP contribution in [0, 0.1) is 0 Å². The Morgan fingerprint density at radius 1 is 1.19 bits per heavy atom. The number of benzene rings is 2. The summed E-state index contributed by atoms with van der Waals surface area (Å²) in [6, 6.07) is 12.4. The average Bonchev–Trinajstić information content (AvgIpc) is 2.88. The number of hydrogen-bond acceptors (Lipinski definition) is 4. The number of amides is 1. The number of anilines is 1. The van der Waals surface area contributed by atoms with Crippen LogP contribution in [0.3, 0.4) is 0 Å². The van der Waals surface area contributed by atoms with E-state index in [-0.39, 0.29) is 24.5 Å². The number of ether oxygens (including phenoxy) is 2. The Labute approximate surface area is 151 Å². The van der Waals surface area contributed by atoms with Gasteiger partial charge in [0.25, 0.3) is 5.91 Å². The second-order valence-electron chi connectivity index (χ2n) is 6.85. The Balaban J connectivity index is 1.65.